The topological polar surface area (TPSA) is 130 Å². The van der Waals surface area contributed by atoms with E-state index in [2.05, 4.69) is 24.8 Å². The first-order valence-electron chi connectivity index (χ1n) is 11.7. The highest BCUT2D eigenvalue weighted by atomic mass is 35.5. The van der Waals surface area contributed by atoms with Gasteiger partial charge in [-0.1, -0.05) is 11.6 Å². The number of rotatable bonds is 5. The summed E-state index contributed by atoms with van der Waals surface area (Å²) >= 11 is 5.55. The average Bonchev–Trinajstić information content (AvgIpc) is 3.41. The molecule has 1 aromatic carbocycles. The van der Waals surface area contributed by atoms with Crippen LogP contribution in [0.2, 0.25) is 0 Å². The second kappa shape index (κ2) is 8.96. The minimum Gasteiger partial charge on any atom is -0.433 e. The molecule has 6 rings (SSSR count). The molecule has 2 fully saturated rings. The molecule has 0 bridgehead atoms. The number of hydrogen-bond donors (Lipinski definition) is 2. The molecule has 192 valence electrons. The largest absolute Gasteiger partial charge is 0.433 e. The molecule has 1 aliphatic carbocycles. The van der Waals surface area contributed by atoms with Crippen LogP contribution < -0.4 is 14.5 Å². The third kappa shape index (κ3) is 4.05. The lowest BCUT2D eigenvalue weighted by Crippen LogP contribution is -2.39. The van der Waals surface area contributed by atoms with E-state index in [4.69, 9.17) is 26.1 Å². The summed E-state index contributed by atoms with van der Waals surface area (Å²) < 4.78 is 25.6. The number of aryl methyl sites for hydroxylation is 1. The Bertz CT molecular complexity index is 1520. The van der Waals surface area contributed by atoms with Crippen molar-refractivity contribution in [2.75, 3.05) is 36.0 Å². The van der Waals surface area contributed by atoms with Crippen molar-refractivity contribution >= 4 is 51.1 Å². The Labute approximate surface area is 215 Å². The number of hydrogen-bond acceptors (Lipinski definition) is 9. The van der Waals surface area contributed by atoms with E-state index >= 15 is 0 Å². The Morgan fingerprint density at radius 3 is 2.78 bits per heavy atom. The van der Waals surface area contributed by atoms with Crippen molar-refractivity contribution in [1.82, 2.24) is 24.9 Å². The number of aromatic amines is 1. The molecule has 3 atom stereocenters. The number of nitrogens with one attached hydrogen (secondary N) is 1. The number of fused-ring (bicyclic) bond motifs is 4. The molecule has 3 aromatic heterocycles. The summed E-state index contributed by atoms with van der Waals surface area (Å²) in [6.07, 6.45) is 2.71. The normalized spacial score (nSPS) is 20.7. The highest BCUT2D eigenvalue weighted by Gasteiger charge is 2.47. The number of anilines is 2. The van der Waals surface area contributed by atoms with Gasteiger partial charge in [-0.2, -0.15) is 9.97 Å². The van der Waals surface area contributed by atoms with E-state index in [9.17, 15) is 14.3 Å². The number of nitrogens with zero attached hydrogens (tertiary/aromatic N) is 6. The summed E-state index contributed by atoms with van der Waals surface area (Å²) in [7, 11) is 1.46. The van der Waals surface area contributed by atoms with Crippen LogP contribution in [0.3, 0.4) is 0 Å². The number of aliphatic hydroxyl groups excluding tert-OH is 1. The minimum absolute atomic E-state index is 0.0539. The van der Waals surface area contributed by atoms with Crippen LogP contribution in [-0.2, 0) is 4.74 Å². The molecule has 37 heavy (non-hydrogen) atoms. The van der Waals surface area contributed by atoms with Gasteiger partial charge >= 0.3 is 12.1 Å². The van der Waals surface area contributed by atoms with Crippen molar-refractivity contribution in [3.05, 3.63) is 36.2 Å². The van der Waals surface area contributed by atoms with Gasteiger partial charge < -0.3 is 24.5 Å². The number of H-pyrrole nitrogens is 1. The van der Waals surface area contributed by atoms with E-state index in [-0.39, 0.29) is 29.8 Å². The second-order valence-electron chi connectivity index (χ2n) is 9.30. The summed E-state index contributed by atoms with van der Waals surface area (Å²) in [4.78, 5) is 36.4. The molecule has 13 heteroatoms. The van der Waals surface area contributed by atoms with Crippen molar-refractivity contribution in [2.24, 2.45) is 11.8 Å². The molecule has 1 saturated carbocycles. The molecule has 11 nitrogen and oxygen atoms in total. The zero-order valence-electron chi connectivity index (χ0n) is 20.0. The smallest absolute Gasteiger partial charge is 0.415 e. The van der Waals surface area contributed by atoms with Crippen LogP contribution in [0.5, 0.6) is 11.8 Å². The van der Waals surface area contributed by atoms with Crippen molar-refractivity contribution in [3.8, 4) is 11.8 Å². The highest BCUT2D eigenvalue weighted by molar-refractivity contribution is 6.18. The van der Waals surface area contributed by atoms with Gasteiger partial charge in [-0.05, 0) is 31.4 Å². The Kier molecular flexibility index (Phi) is 5.72. The Morgan fingerprint density at radius 2 is 2.08 bits per heavy atom. The van der Waals surface area contributed by atoms with Crippen LogP contribution >= 0.6 is 11.6 Å². The predicted molar refractivity (Wildman–Crippen MR) is 134 cm³/mol. The Balaban J connectivity index is 1.52. The Morgan fingerprint density at radius 1 is 1.30 bits per heavy atom. The van der Waals surface area contributed by atoms with Crippen molar-refractivity contribution in [1.29, 1.82) is 0 Å². The summed E-state index contributed by atoms with van der Waals surface area (Å²) in [5.74, 6) is 1.45. The monoisotopic (exact) mass is 527 g/mol. The van der Waals surface area contributed by atoms with Crippen LogP contribution in [-0.4, -0.2) is 68.4 Å². The fourth-order valence-corrected chi connectivity index (χ4v) is 5.26. The fourth-order valence-electron chi connectivity index (χ4n) is 5.17. The second-order valence-corrected chi connectivity index (χ2v) is 9.52. The van der Waals surface area contributed by atoms with Gasteiger partial charge in [0.05, 0.1) is 35.1 Å². The van der Waals surface area contributed by atoms with Crippen molar-refractivity contribution in [3.63, 3.8) is 0 Å². The zero-order valence-corrected chi connectivity index (χ0v) is 20.7. The van der Waals surface area contributed by atoms with E-state index in [0.717, 1.165) is 6.42 Å². The van der Waals surface area contributed by atoms with Gasteiger partial charge in [-0.15, -0.1) is 0 Å². The van der Waals surface area contributed by atoms with Gasteiger partial charge in [-0.25, -0.2) is 19.2 Å². The van der Waals surface area contributed by atoms with Gasteiger partial charge in [0.2, 0.25) is 0 Å². The molecular formula is C24H23ClFN7O4. The standard InChI is InChI=1S/C24H23ClFN7O4/c1-11-27-6-14(7-28-11)37-23-30-21-19(22(31-23)33-8-12-3-18(34)16(12)9-33)15-4-13(26)5-17(20(15)29-21)32(2)24(35)36-10-25/h4-7,12,16,18,34H,3,8-10H2,1-2H3,(H,29,30,31). The van der Waals surface area contributed by atoms with Crippen LogP contribution in [0.1, 0.15) is 12.2 Å². The molecule has 3 unspecified atom stereocenters. The van der Waals surface area contributed by atoms with Crippen molar-refractivity contribution in [2.45, 2.75) is 19.4 Å². The predicted octanol–water partition coefficient (Wildman–Crippen LogP) is 3.73. The number of aliphatic hydroxyl groups is 1. The first-order valence-corrected chi connectivity index (χ1v) is 12.2. The number of carbonyl (C=O) groups is 1. The number of aromatic nitrogens is 5. The van der Waals surface area contributed by atoms with E-state index in [1.807, 2.05) is 0 Å². The number of amides is 1. The number of alkyl halides is 1. The van der Waals surface area contributed by atoms with E-state index in [0.29, 0.717) is 58.3 Å². The quantitative estimate of drug-likeness (QED) is 0.373. The van der Waals surface area contributed by atoms with E-state index < -0.39 is 11.9 Å². The molecule has 4 heterocycles. The van der Waals surface area contributed by atoms with Crippen LogP contribution in [0.4, 0.5) is 20.7 Å². The Hall–Kier alpha value is -3.77. The fraction of sp³-hybridized carbons (Fsp3) is 0.375. The summed E-state index contributed by atoms with van der Waals surface area (Å²) in [6.45, 7) is 3.06. The molecule has 0 spiro atoms. The first kappa shape index (κ1) is 23.6. The van der Waals surface area contributed by atoms with Gasteiger partial charge in [0.1, 0.15) is 23.1 Å². The van der Waals surface area contributed by atoms with Crippen LogP contribution in [0, 0.1) is 24.6 Å². The van der Waals surface area contributed by atoms with E-state index in [1.54, 1.807) is 6.92 Å². The molecule has 1 aliphatic heterocycles. The number of benzene rings is 1. The maximum Gasteiger partial charge on any atom is 0.415 e. The summed E-state index contributed by atoms with van der Waals surface area (Å²) in [5.41, 5.74) is 1.12. The summed E-state index contributed by atoms with van der Waals surface area (Å²) in [6, 6.07) is 2.32. The summed E-state index contributed by atoms with van der Waals surface area (Å²) in [5, 5.41) is 11.3. The van der Waals surface area contributed by atoms with Gasteiger partial charge in [0.15, 0.2) is 11.8 Å². The highest BCUT2D eigenvalue weighted by Crippen LogP contribution is 2.45. The third-order valence-corrected chi connectivity index (χ3v) is 7.18. The lowest BCUT2D eigenvalue weighted by Gasteiger charge is -2.34. The number of carbonyl (C=O) groups excluding carboxylic acids is 1. The third-order valence-electron chi connectivity index (χ3n) is 7.07. The molecule has 1 amide bonds. The minimum atomic E-state index is -0.736. The SMILES string of the molecule is Cc1ncc(Oc2nc(N3CC4CC(O)C4C3)c3c(n2)[nH]c2c(N(C)C(=O)OCCl)cc(F)cc23)cn1. The maximum atomic E-state index is 14.9. The first-order chi connectivity index (χ1) is 17.8. The molecule has 4 aromatic rings. The molecular weight excluding hydrogens is 505 g/mol. The molecule has 0 radical (unpaired) electrons. The van der Waals surface area contributed by atoms with Crippen LogP contribution in [0.15, 0.2) is 24.5 Å². The molecule has 1 saturated heterocycles. The maximum absolute atomic E-state index is 14.9. The average molecular weight is 528 g/mol. The van der Waals surface area contributed by atoms with Gasteiger partial charge in [0.25, 0.3) is 0 Å². The lowest BCUT2D eigenvalue weighted by molar-refractivity contribution is -0.00399. The zero-order chi connectivity index (χ0) is 25.8. The molecule has 2 aliphatic rings. The molecule has 2 N–H and O–H groups in total. The number of halogens is 2. The van der Waals surface area contributed by atoms with E-state index in [1.165, 1.54) is 36.5 Å². The van der Waals surface area contributed by atoms with Crippen molar-refractivity contribution < 1.29 is 23.8 Å². The van der Waals surface area contributed by atoms with Crippen LogP contribution in [0.25, 0.3) is 21.9 Å². The van der Waals surface area contributed by atoms with Gasteiger partial charge in [0, 0.05) is 31.4 Å². The number of ether oxygens (including phenoxy) is 2. The lowest BCUT2D eigenvalue weighted by atomic mass is 9.74. The van der Waals surface area contributed by atoms with Gasteiger partial charge in [-0.3, -0.25) is 4.90 Å².